The maximum Gasteiger partial charge on any atom is 0.265 e. The molecule has 1 aliphatic heterocycles. The van der Waals surface area contributed by atoms with Crippen molar-refractivity contribution in [1.29, 1.82) is 0 Å². The first kappa shape index (κ1) is 22.1. The number of fused-ring (bicyclic) bond motifs is 3. The van der Waals surface area contributed by atoms with Crippen molar-refractivity contribution in [2.45, 2.75) is 6.54 Å². The van der Waals surface area contributed by atoms with E-state index in [2.05, 4.69) is 10.0 Å². The third-order valence-electron chi connectivity index (χ3n) is 4.82. The number of hydrogen-bond acceptors (Lipinski definition) is 6. The monoisotopic (exact) mass is 490 g/mol. The first-order chi connectivity index (χ1) is 15.0. The second-order valence-corrected chi connectivity index (χ2v) is 10.8. The molecule has 0 unspecified atom stereocenters. The van der Waals surface area contributed by atoms with Crippen LogP contribution in [0.2, 0.25) is 5.02 Å². The Balaban J connectivity index is 1.69. The maximum atomic E-state index is 13.0. The molecule has 0 atom stereocenters. The van der Waals surface area contributed by atoms with Gasteiger partial charge in [0.05, 0.1) is 23.4 Å². The van der Waals surface area contributed by atoms with Crippen LogP contribution in [0.4, 0.5) is 17.1 Å². The minimum Gasteiger partial charge on any atom is -0.398 e. The van der Waals surface area contributed by atoms with Gasteiger partial charge >= 0.3 is 0 Å². The van der Waals surface area contributed by atoms with Crippen LogP contribution in [0.15, 0.2) is 42.5 Å². The second-order valence-electron chi connectivity index (χ2n) is 7.44. The molecule has 1 aromatic heterocycles. The van der Waals surface area contributed by atoms with Gasteiger partial charge in [-0.15, -0.1) is 11.3 Å². The van der Waals surface area contributed by atoms with Gasteiger partial charge in [-0.1, -0.05) is 17.7 Å². The lowest BCUT2D eigenvalue weighted by Gasteiger charge is -2.14. The van der Waals surface area contributed by atoms with E-state index in [1.54, 1.807) is 36.2 Å². The van der Waals surface area contributed by atoms with E-state index >= 15 is 0 Å². The Labute approximate surface area is 194 Å². The van der Waals surface area contributed by atoms with Gasteiger partial charge in [-0.3, -0.25) is 14.3 Å². The highest BCUT2D eigenvalue weighted by Crippen LogP contribution is 2.40. The second kappa shape index (κ2) is 8.12. The van der Waals surface area contributed by atoms with Crippen molar-refractivity contribution >= 4 is 61.8 Å². The Bertz CT molecular complexity index is 1370. The highest BCUT2D eigenvalue weighted by atomic mass is 35.5. The number of rotatable bonds is 4. The van der Waals surface area contributed by atoms with Crippen LogP contribution in [0.5, 0.6) is 0 Å². The highest BCUT2D eigenvalue weighted by molar-refractivity contribution is 7.92. The van der Waals surface area contributed by atoms with Crippen LogP contribution in [0.1, 0.15) is 24.9 Å². The average molecular weight is 491 g/mol. The number of carbonyl (C=O) groups is 2. The van der Waals surface area contributed by atoms with Gasteiger partial charge in [0.25, 0.3) is 11.8 Å². The molecule has 0 bridgehead atoms. The summed E-state index contributed by atoms with van der Waals surface area (Å²) in [6, 6.07) is 11.3. The number of sulfonamides is 1. The van der Waals surface area contributed by atoms with E-state index in [9.17, 15) is 18.0 Å². The standard InChI is InChI=1S/C21H19ClN4O4S2/c1-26-10-18-15(19-14(21(26)28)4-3-5-16(19)23)9-17(31-18)20(27)24-12-6-11(22)7-13(8-12)25-32(2,29)30/h3-9,25H,10,23H2,1-2H3,(H,24,27). The fraction of sp³-hybridized carbons (Fsp3) is 0.143. The van der Waals surface area contributed by atoms with E-state index in [1.165, 1.54) is 29.5 Å². The summed E-state index contributed by atoms with van der Waals surface area (Å²) in [5, 5.41) is 3.01. The smallest absolute Gasteiger partial charge is 0.265 e. The normalized spacial score (nSPS) is 13.2. The number of thiophene rings is 1. The van der Waals surface area contributed by atoms with Crippen LogP contribution in [-0.2, 0) is 16.6 Å². The molecule has 4 N–H and O–H groups in total. The van der Waals surface area contributed by atoms with Crippen LogP contribution in [0.3, 0.4) is 0 Å². The number of nitrogen functional groups attached to an aromatic ring is 1. The lowest BCUT2D eigenvalue weighted by Crippen LogP contribution is -2.24. The SMILES string of the molecule is CN1Cc2sc(C(=O)Nc3cc(Cl)cc(NS(C)(=O)=O)c3)cc2-c2c(N)cccc2C1=O. The van der Waals surface area contributed by atoms with Gasteiger partial charge < -0.3 is 16.0 Å². The molecule has 4 rings (SSSR count). The van der Waals surface area contributed by atoms with Crippen molar-refractivity contribution in [3.63, 3.8) is 0 Å². The predicted octanol–water partition coefficient (Wildman–Crippen LogP) is 3.86. The summed E-state index contributed by atoms with van der Waals surface area (Å²) in [4.78, 5) is 28.5. The molecule has 2 heterocycles. The van der Waals surface area contributed by atoms with E-state index in [0.717, 1.165) is 16.7 Å². The molecule has 1 aliphatic rings. The molecule has 0 saturated heterocycles. The molecule has 0 radical (unpaired) electrons. The van der Waals surface area contributed by atoms with Gasteiger partial charge in [0.2, 0.25) is 10.0 Å². The van der Waals surface area contributed by atoms with Crippen LogP contribution >= 0.6 is 22.9 Å². The molecule has 8 nitrogen and oxygen atoms in total. The number of benzene rings is 2. The number of anilines is 3. The van der Waals surface area contributed by atoms with Gasteiger partial charge in [0, 0.05) is 45.0 Å². The summed E-state index contributed by atoms with van der Waals surface area (Å²) < 4.78 is 25.4. The van der Waals surface area contributed by atoms with E-state index in [0.29, 0.717) is 33.9 Å². The molecule has 166 valence electrons. The van der Waals surface area contributed by atoms with Gasteiger partial charge in [0.1, 0.15) is 0 Å². The Hall–Kier alpha value is -3.08. The molecule has 0 aliphatic carbocycles. The zero-order chi connectivity index (χ0) is 23.2. The quantitative estimate of drug-likeness (QED) is 0.479. The summed E-state index contributed by atoms with van der Waals surface area (Å²) in [6.45, 7) is 0.347. The zero-order valence-electron chi connectivity index (χ0n) is 17.1. The van der Waals surface area contributed by atoms with Crippen molar-refractivity contribution in [2.75, 3.05) is 29.1 Å². The Kier molecular flexibility index (Phi) is 5.61. The van der Waals surface area contributed by atoms with Crippen molar-refractivity contribution in [3.8, 4) is 11.1 Å². The molecular formula is C21H19ClN4O4S2. The van der Waals surface area contributed by atoms with E-state index in [-0.39, 0.29) is 22.5 Å². The van der Waals surface area contributed by atoms with Crippen molar-refractivity contribution in [1.82, 2.24) is 4.90 Å². The first-order valence-corrected chi connectivity index (χ1v) is 12.5. The largest absolute Gasteiger partial charge is 0.398 e. The molecule has 0 saturated carbocycles. The number of hydrogen-bond donors (Lipinski definition) is 3. The molecule has 0 spiro atoms. The summed E-state index contributed by atoms with van der Waals surface area (Å²) in [5.41, 5.74) is 9.08. The third-order valence-corrected chi connectivity index (χ3v) is 6.76. The summed E-state index contributed by atoms with van der Waals surface area (Å²) in [5.74, 6) is -0.521. The fourth-order valence-corrected chi connectivity index (χ4v) is 5.44. The van der Waals surface area contributed by atoms with Gasteiger partial charge in [-0.25, -0.2) is 8.42 Å². The number of amides is 2. The van der Waals surface area contributed by atoms with Crippen LogP contribution in [0, 0.1) is 0 Å². The first-order valence-electron chi connectivity index (χ1n) is 9.38. The van der Waals surface area contributed by atoms with Gasteiger partial charge in [-0.05, 0) is 36.4 Å². The van der Waals surface area contributed by atoms with Gasteiger partial charge in [0.15, 0.2) is 0 Å². The minimum absolute atomic E-state index is 0.133. The minimum atomic E-state index is -3.50. The van der Waals surface area contributed by atoms with E-state index in [1.807, 2.05) is 0 Å². The lowest BCUT2D eigenvalue weighted by molar-refractivity contribution is 0.0789. The van der Waals surface area contributed by atoms with Gasteiger partial charge in [-0.2, -0.15) is 0 Å². The molecule has 2 amide bonds. The van der Waals surface area contributed by atoms with Crippen LogP contribution in [0.25, 0.3) is 11.1 Å². The molecule has 3 aromatic rings. The molecule has 2 aromatic carbocycles. The average Bonchev–Trinajstić information content (AvgIpc) is 3.04. The Morgan fingerprint density at radius 2 is 1.88 bits per heavy atom. The Morgan fingerprint density at radius 3 is 2.59 bits per heavy atom. The third kappa shape index (κ3) is 4.43. The molecule has 0 fully saturated rings. The van der Waals surface area contributed by atoms with Crippen molar-refractivity contribution in [2.24, 2.45) is 0 Å². The topological polar surface area (TPSA) is 122 Å². The predicted molar refractivity (Wildman–Crippen MR) is 128 cm³/mol. The fourth-order valence-electron chi connectivity index (χ4n) is 3.54. The van der Waals surface area contributed by atoms with Crippen molar-refractivity contribution in [3.05, 3.63) is 62.8 Å². The molecule has 11 heteroatoms. The summed E-state index contributed by atoms with van der Waals surface area (Å²) in [6.07, 6.45) is 1.02. The van der Waals surface area contributed by atoms with E-state index < -0.39 is 10.0 Å². The van der Waals surface area contributed by atoms with E-state index in [4.69, 9.17) is 17.3 Å². The zero-order valence-corrected chi connectivity index (χ0v) is 19.5. The number of halogens is 1. The number of nitrogens with one attached hydrogen (secondary N) is 2. The Morgan fingerprint density at radius 1 is 1.16 bits per heavy atom. The molecular weight excluding hydrogens is 472 g/mol. The molecule has 32 heavy (non-hydrogen) atoms. The van der Waals surface area contributed by atoms with Crippen LogP contribution < -0.4 is 15.8 Å². The lowest BCUT2D eigenvalue weighted by atomic mass is 9.98. The summed E-state index contributed by atoms with van der Waals surface area (Å²) >= 11 is 7.34. The van der Waals surface area contributed by atoms with Crippen molar-refractivity contribution < 1.29 is 18.0 Å². The number of nitrogens with two attached hydrogens (primary N) is 1. The van der Waals surface area contributed by atoms with Crippen LogP contribution in [-0.4, -0.2) is 38.4 Å². The maximum absolute atomic E-state index is 13.0. The summed E-state index contributed by atoms with van der Waals surface area (Å²) in [7, 11) is -1.80. The number of carbonyl (C=O) groups excluding carboxylic acids is 2. The number of nitrogens with zero attached hydrogens (tertiary/aromatic N) is 1. The highest BCUT2D eigenvalue weighted by Gasteiger charge is 2.28.